The number of nitriles is 1. The van der Waals surface area contributed by atoms with Gasteiger partial charge in [0, 0.05) is 10.0 Å². The molecular formula is C4H7N. The van der Waals surface area contributed by atoms with Crippen LogP contribution in [0.4, 0.5) is 0 Å². The first-order valence-electron chi connectivity index (χ1n) is 2.88. The third-order valence-electron chi connectivity index (χ3n) is 0.194. The molecule has 0 saturated heterocycles. The monoisotopic (exact) mass is 72.1 g/mol. The summed E-state index contributed by atoms with van der Waals surface area (Å²) in [7, 11) is 0. The van der Waals surface area contributed by atoms with Crippen molar-refractivity contribution in [1.82, 2.24) is 0 Å². The summed E-state index contributed by atoms with van der Waals surface area (Å²) in [6, 6.07) is 1.64. The molecule has 0 aromatic heterocycles. The van der Waals surface area contributed by atoms with E-state index in [4.69, 9.17) is 9.37 Å². The van der Waals surface area contributed by atoms with Crippen molar-refractivity contribution in [3.05, 3.63) is 0 Å². The van der Waals surface area contributed by atoms with Crippen molar-refractivity contribution in [3.63, 3.8) is 0 Å². The maximum atomic E-state index is 8.06. The van der Waals surface area contributed by atoms with E-state index in [1.54, 1.807) is 6.07 Å². The Morgan fingerprint density at radius 3 is 2.80 bits per heavy atom. The summed E-state index contributed by atoms with van der Waals surface area (Å²) in [5.74, 6) is -0.845. The van der Waals surface area contributed by atoms with Crippen LogP contribution in [0.3, 0.4) is 0 Å². The fourth-order valence-electron chi connectivity index (χ4n) is 0. The Morgan fingerprint density at radius 2 is 2.80 bits per heavy atom. The zero-order valence-corrected chi connectivity index (χ0v) is 3.02. The molecule has 0 aliphatic rings. The Bertz CT molecular complexity index is 109. The molecule has 0 N–H and O–H groups in total. The number of nitrogens with zero attached hydrogens (tertiary/aromatic N) is 1. The third-order valence-corrected chi connectivity index (χ3v) is 0.194. The molecular weight excluding hydrogens is 62.1 g/mol. The standard InChI is InChI=1S/C4H7N/c1-4(2)3-5/h4H,1-2H3/i1D3. The molecule has 0 radical (unpaired) electrons. The van der Waals surface area contributed by atoms with Gasteiger partial charge in [0.1, 0.15) is 0 Å². The lowest BCUT2D eigenvalue weighted by atomic mass is 10.3. The van der Waals surface area contributed by atoms with Crippen LogP contribution < -0.4 is 0 Å². The van der Waals surface area contributed by atoms with Gasteiger partial charge in [0.2, 0.25) is 0 Å². The average molecular weight is 72.1 g/mol. The molecule has 0 fully saturated rings. The van der Waals surface area contributed by atoms with Crippen LogP contribution in [0.5, 0.6) is 0 Å². The van der Waals surface area contributed by atoms with Crippen LogP contribution >= 0.6 is 0 Å². The van der Waals surface area contributed by atoms with Gasteiger partial charge in [0.05, 0.1) is 6.07 Å². The minimum atomic E-state index is -2.10. The first-order valence-corrected chi connectivity index (χ1v) is 1.38. The fourth-order valence-corrected chi connectivity index (χ4v) is 0. The number of rotatable bonds is 0. The highest BCUT2D eigenvalue weighted by atomic mass is 14.2. The van der Waals surface area contributed by atoms with Crippen molar-refractivity contribution in [3.8, 4) is 6.07 Å². The highest BCUT2D eigenvalue weighted by Gasteiger charge is 1.78. The zero-order chi connectivity index (χ0) is 6.78. The molecule has 0 aromatic rings. The highest BCUT2D eigenvalue weighted by Crippen LogP contribution is 1.81. The van der Waals surface area contributed by atoms with Gasteiger partial charge in [-0.3, -0.25) is 0 Å². The Labute approximate surface area is 36.4 Å². The maximum absolute atomic E-state index is 8.06. The van der Waals surface area contributed by atoms with Crippen LogP contribution in [-0.4, -0.2) is 0 Å². The van der Waals surface area contributed by atoms with Gasteiger partial charge in [-0.05, 0) is 13.8 Å². The van der Waals surface area contributed by atoms with Gasteiger partial charge < -0.3 is 0 Å². The maximum Gasteiger partial charge on any atom is 0.0649 e. The summed E-state index contributed by atoms with van der Waals surface area (Å²) < 4.78 is 19.9. The predicted octanol–water partition coefficient (Wildman–Crippen LogP) is 1.17. The molecule has 1 unspecified atom stereocenters. The van der Waals surface area contributed by atoms with Crippen molar-refractivity contribution < 1.29 is 4.11 Å². The molecule has 0 aliphatic heterocycles. The summed E-state index contributed by atoms with van der Waals surface area (Å²) in [4.78, 5) is 0. The predicted molar refractivity (Wildman–Crippen MR) is 20.5 cm³/mol. The van der Waals surface area contributed by atoms with Crippen LogP contribution in [0, 0.1) is 17.2 Å². The van der Waals surface area contributed by atoms with Gasteiger partial charge in [-0.25, -0.2) is 0 Å². The van der Waals surface area contributed by atoms with Crippen molar-refractivity contribution >= 4 is 0 Å². The molecule has 1 heteroatoms. The van der Waals surface area contributed by atoms with Crippen LogP contribution in [0.2, 0.25) is 0 Å². The Kier molecular flexibility index (Phi) is 0.461. The van der Waals surface area contributed by atoms with Gasteiger partial charge in [0.15, 0.2) is 0 Å². The van der Waals surface area contributed by atoms with Crippen molar-refractivity contribution in [2.75, 3.05) is 0 Å². The highest BCUT2D eigenvalue weighted by molar-refractivity contribution is 4.72. The second-order valence-electron chi connectivity index (χ2n) is 0.851. The molecule has 0 heterocycles. The molecule has 0 aliphatic carbocycles. The normalized spacial score (nSPS) is 24.4. The topological polar surface area (TPSA) is 23.8 Å². The lowest BCUT2D eigenvalue weighted by Gasteiger charge is -1.75. The summed E-state index contributed by atoms with van der Waals surface area (Å²) in [5.41, 5.74) is 0. The Morgan fingerprint density at radius 1 is 2.20 bits per heavy atom. The van der Waals surface area contributed by atoms with Gasteiger partial charge in [-0.2, -0.15) is 5.26 Å². The van der Waals surface area contributed by atoms with Gasteiger partial charge in [-0.15, -0.1) is 0 Å². The van der Waals surface area contributed by atoms with Crippen LogP contribution in [-0.2, 0) is 0 Å². The molecule has 0 bridgehead atoms. The SMILES string of the molecule is [2H]C([2H])([2H])C(C)C#N. The van der Waals surface area contributed by atoms with Crippen LogP contribution in [0.1, 0.15) is 17.9 Å². The van der Waals surface area contributed by atoms with Crippen LogP contribution in [0.15, 0.2) is 0 Å². The molecule has 0 amide bonds. The second kappa shape index (κ2) is 1.78. The fraction of sp³-hybridized carbons (Fsp3) is 0.750. The summed E-state index contributed by atoms with van der Waals surface area (Å²) in [5, 5.41) is 8.06. The van der Waals surface area contributed by atoms with Crippen LogP contribution in [0.25, 0.3) is 0 Å². The quantitative estimate of drug-likeness (QED) is 0.421. The summed E-state index contributed by atoms with van der Waals surface area (Å²) >= 11 is 0. The molecule has 0 aromatic carbocycles. The Hall–Kier alpha value is -0.510. The minimum Gasteiger partial charge on any atom is -0.198 e. The van der Waals surface area contributed by atoms with E-state index < -0.39 is 12.8 Å². The lowest BCUT2D eigenvalue weighted by Crippen LogP contribution is -1.72. The van der Waals surface area contributed by atoms with Gasteiger partial charge in [0.25, 0.3) is 0 Å². The third kappa shape index (κ3) is 3.49. The van der Waals surface area contributed by atoms with Gasteiger partial charge >= 0.3 is 0 Å². The van der Waals surface area contributed by atoms with Crippen molar-refractivity contribution in [2.45, 2.75) is 13.8 Å². The van der Waals surface area contributed by atoms with E-state index in [0.717, 1.165) is 0 Å². The molecule has 5 heavy (non-hydrogen) atoms. The molecule has 1 atom stereocenters. The minimum absolute atomic E-state index is 0.845. The largest absolute Gasteiger partial charge is 0.198 e. The first-order chi connectivity index (χ1) is 3.48. The number of hydrogen-bond acceptors (Lipinski definition) is 1. The van der Waals surface area contributed by atoms with Crippen molar-refractivity contribution in [1.29, 1.82) is 5.26 Å². The van der Waals surface area contributed by atoms with E-state index in [2.05, 4.69) is 0 Å². The van der Waals surface area contributed by atoms with E-state index >= 15 is 0 Å². The molecule has 0 spiro atoms. The van der Waals surface area contributed by atoms with Crippen molar-refractivity contribution in [2.24, 2.45) is 5.92 Å². The van der Waals surface area contributed by atoms with E-state index in [9.17, 15) is 0 Å². The molecule has 1 nitrogen and oxygen atoms in total. The summed E-state index contributed by atoms with van der Waals surface area (Å²) in [6.45, 7) is -0.720. The van der Waals surface area contributed by atoms with E-state index in [0.29, 0.717) is 0 Å². The van der Waals surface area contributed by atoms with E-state index in [1.165, 1.54) is 6.92 Å². The number of hydrogen-bond donors (Lipinski definition) is 0. The summed E-state index contributed by atoms with van der Waals surface area (Å²) in [6.07, 6.45) is 0. The molecule has 0 saturated carbocycles. The zero-order valence-electron chi connectivity index (χ0n) is 6.02. The second-order valence-corrected chi connectivity index (χ2v) is 0.851. The van der Waals surface area contributed by atoms with E-state index in [1.807, 2.05) is 0 Å². The molecule has 0 rings (SSSR count). The first kappa shape index (κ1) is 1.30. The lowest BCUT2D eigenvalue weighted by molar-refractivity contribution is 0.849. The molecule has 28 valence electrons. The Balaban J connectivity index is 3.87. The van der Waals surface area contributed by atoms with Gasteiger partial charge in [-0.1, -0.05) is 0 Å². The smallest absolute Gasteiger partial charge is 0.0649 e. The average Bonchev–Trinajstić information content (AvgIpc) is 1.62. The van der Waals surface area contributed by atoms with E-state index in [-0.39, 0.29) is 0 Å².